The van der Waals surface area contributed by atoms with Gasteiger partial charge in [0.05, 0.1) is 27.4 Å². The van der Waals surface area contributed by atoms with Crippen LogP contribution >= 0.6 is 0 Å². The van der Waals surface area contributed by atoms with E-state index in [1.165, 1.54) is 0 Å². The molecular formula is C24H27NO6. The number of hydrogen-bond donors (Lipinski definition) is 0. The maximum Gasteiger partial charge on any atom is 0.247 e. The van der Waals surface area contributed by atoms with E-state index in [1.54, 1.807) is 33.5 Å². The van der Waals surface area contributed by atoms with Crippen LogP contribution in [-0.2, 0) is 4.79 Å². The first-order chi connectivity index (χ1) is 15.1. The maximum absolute atomic E-state index is 13.0. The van der Waals surface area contributed by atoms with Crippen molar-refractivity contribution in [3.8, 4) is 28.7 Å². The molecule has 2 heterocycles. The van der Waals surface area contributed by atoms with Crippen molar-refractivity contribution in [2.45, 2.75) is 18.9 Å². The number of hydrogen-bond acceptors (Lipinski definition) is 6. The molecule has 164 valence electrons. The van der Waals surface area contributed by atoms with Gasteiger partial charge in [0.1, 0.15) is 13.2 Å². The van der Waals surface area contributed by atoms with Gasteiger partial charge in [0.25, 0.3) is 0 Å². The van der Waals surface area contributed by atoms with E-state index in [9.17, 15) is 4.79 Å². The summed E-state index contributed by atoms with van der Waals surface area (Å²) in [6.45, 7) is 1.82. The number of carbonyl (C=O) groups is 1. The van der Waals surface area contributed by atoms with Crippen LogP contribution in [0.2, 0.25) is 0 Å². The lowest BCUT2D eigenvalue weighted by molar-refractivity contribution is -0.126. The highest BCUT2D eigenvalue weighted by atomic mass is 16.6. The Hall–Kier alpha value is -3.35. The van der Waals surface area contributed by atoms with Crippen molar-refractivity contribution in [1.29, 1.82) is 0 Å². The summed E-state index contributed by atoms with van der Waals surface area (Å²) < 4.78 is 27.5. The Morgan fingerprint density at radius 2 is 1.71 bits per heavy atom. The van der Waals surface area contributed by atoms with Crippen molar-refractivity contribution in [3.05, 3.63) is 47.5 Å². The van der Waals surface area contributed by atoms with Gasteiger partial charge in [0, 0.05) is 12.6 Å². The molecule has 4 rings (SSSR count). The zero-order valence-electron chi connectivity index (χ0n) is 18.1. The molecule has 1 fully saturated rings. The summed E-state index contributed by atoms with van der Waals surface area (Å²) in [5.41, 5.74) is 1.86. The number of benzene rings is 2. The zero-order valence-corrected chi connectivity index (χ0v) is 18.1. The topological polar surface area (TPSA) is 66.5 Å². The number of nitrogens with zero attached hydrogens (tertiary/aromatic N) is 1. The number of ether oxygens (including phenoxy) is 5. The Balaban J connectivity index is 1.53. The van der Waals surface area contributed by atoms with E-state index in [0.29, 0.717) is 30.5 Å². The molecule has 2 aromatic carbocycles. The molecule has 0 aliphatic carbocycles. The molecule has 0 spiro atoms. The first-order valence-corrected chi connectivity index (χ1v) is 10.3. The van der Waals surface area contributed by atoms with Gasteiger partial charge in [-0.15, -0.1) is 0 Å². The van der Waals surface area contributed by atoms with E-state index >= 15 is 0 Å². The van der Waals surface area contributed by atoms with Gasteiger partial charge in [-0.05, 0) is 54.3 Å². The number of methoxy groups -OCH3 is 3. The van der Waals surface area contributed by atoms with Gasteiger partial charge in [-0.1, -0.05) is 6.07 Å². The summed E-state index contributed by atoms with van der Waals surface area (Å²) in [6, 6.07) is 9.59. The molecule has 31 heavy (non-hydrogen) atoms. The van der Waals surface area contributed by atoms with Crippen LogP contribution in [0, 0.1) is 0 Å². The molecule has 2 aromatic rings. The van der Waals surface area contributed by atoms with E-state index in [0.717, 1.165) is 42.0 Å². The van der Waals surface area contributed by atoms with Crippen LogP contribution in [0.5, 0.6) is 28.7 Å². The van der Waals surface area contributed by atoms with E-state index < -0.39 is 0 Å². The molecule has 1 unspecified atom stereocenters. The van der Waals surface area contributed by atoms with Crippen molar-refractivity contribution >= 4 is 12.0 Å². The highest BCUT2D eigenvalue weighted by molar-refractivity contribution is 5.92. The minimum absolute atomic E-state index is 0.0212. The van der Waals surface area contributed by atoms with Gasteiger partial charge in [-0.3, -0.25) is 4.79 Å². The molecule has 7 heteroatoms. The van der Waals surface area contributed by atoms with E-state index in [2.05, 4.69) is 0 Å². The largest absolute Gasteiger partial charge is 0.493 e. The number of fused-ring (bicyclic) bond motifs is 1. The predicted molar refractivity (Wildman–Crippen MR) is 116 cm³/mol. The molecule has 1 amide bonds. The molecule has 1 saturated heterocycles. The molecule has 0 aromatic heterocycles. The van der Waals surface area contributed by atoms with Crippen LogP contribution in [0.1, 0.15) is 30.0 Å². The van der Waals surface area contributed by atoms with Gasteiger partial charge in [0.2, 0.25) is 11.7 Å². The second-order valence-electron chi connectivity index (χ2n) is 7.38. The second-order valence-corrected chi connectivity index (χ2v) is 7.38. The van der Waals surface area contributed by atoms with Gasteiger partial charge in [0.15, 0.2) is 23.0 Å². The molecule has 0 N–H and O–H groups in total. The van der Waals surface area contributed by atoms with Crippen molar-refractivity contribution in [1.82, 2.24) is 4.90 Å². The van der Waals surface area contributed by atoms with Crippen LogP contribution in [0.3, 0.4) is 0 Å². The molecule has 1 atom stereocenters. The SMILES string of the molecule is COc1cc(/C=C\C(=O)N2CCCC2c2ccc3c(c2)OCCO3)cc(OC)c1OC. The zero-order chi connectivity index (χ0) is 21.8. The second kappa shape index (κ2) is 9.20. The summed E-state index contributed by atoms with van der Waals surface area (Å²) in [7, 11) is 4.70. The Kier molecular flexibility index (Phi) is 6.21. The van der Waals surface area contributed by atoms with Crippen LogP contribution < -0.4 is 23.7 Å². The first kappa shape index (κ1) is 20.9. The van der Waals surface area contributed by atoms with Gasteiger partial charge >= 0.3 is 0 Å². The summed E-state index contributed by atoms with van der Waals surface area (Å²) >= 11 is 0. The third kappa shape index (κ3) is 4.26. The predicted octanol–water partition coefficient (Wildman–Crippen LogP) is 3.86. The Morgan fingerprint density at radius 3 is 2.39 bits per heavy atom. The monoisotopic (exact) mass is 425 g/mol. The van der Waals surface area contributed by atoms with Crippen LogP contribution in [0.4, 0.5) is 0 Å². The fourth-order valence-corrected chi connectivity index (χ4v) is 4.11. The molecule has 0 radical (unpaired) electrons. The average Bonchev–Trinajstić information content (AvgIpc) is 3.31. The summed E-state index contributed by atoms with van der Waals surface area (Å²) in [5, 5.41) is 0. The highest BCUT2D eigenvalue weighted by Gasteiger charge is 2.29. The minimum atomic E-state index is -0.0360. The molecule has 7 nitrogen and oxygen atoms in total. The smallest absolute Gasteiger partial charge is 0.247 e. The Morgan fingerprint density at radius 1 is 1.00 bits per heavy atom. The molecule has 0 bridgehead atoms. The van der Waals surface area contributed by atoms with E-state index in [1.807, 2.05) is 35.2 Å². The molecule has 0 saturated carbocycles. The third-order valence-electron chi connectivity index (χ3n) is 5.59. The van der Waals surface area contributed by atoms with Gasteiger partial charge in [-0.25, -0.2) is 0 Å². The van der Waals surface area contributed by atoms with Crippen LogP contribution in [0.25, 0.3) is 6.08 Å². The lowest BCUT2D eigenvalue weighted by Gasteiger charge is -2.26. The fourth-order valence-electron chi connectivity index (χ4n) is 4.11. The van der Waals surface area contributed by atoms with Crippen molar-refractivity contribution < 1.29 is 28.5 Å². The van der Waals surface area contributed by atoms with Crippen LogP contribution in [-0.4, -0.2) is 51.9 Å². The van der Waals surface area contributed by atoms with E-state index in [4.69, 9.17) is 23.7 Å². The summed E-state index contributed by atoms with van der Waals surface area (Å²) in [6.07, 6.45) is 5.25. The van der Waals surface area contributed by atoms with Crippen molar-refractivity contribution in [2.24, 2.45) is 0 Å². The standard InChI is InChI=1S/C24H27NO6/c1-27-21-13-16(14-22(28-2)24(21)29-3)6-9-23(26)25-10-4-5-18(25)17-7-8-19-20(15-17)31-12-11-30-19/h6-9,13-15,18H,4-5,10-12H2,1-3H3/b9-6-. The normalized spacial score (nSPS) is 17.6. The summed E-state index contributed by atoms with van der Waals surface area (Å²) in [4.78, 5) is 14.9. The van der Waals surface area contributed by atoms with E-state index in [-0.39, 0.29) is 11.9 Å². The average molecular weight is 425 g/mol. The first-order valence-electron chi connectivity index (χ1n) is 10.3. The number of likely N-dealkylation sites (tertiary alicyclic amines) is 1. The highest BCUT2D eigenvalue weighted by Crippen LogP contribution is 2.40. The number of amides is 1. The van der Waals surface area contributed by atoms with Crippen molar-refractivity contribution in [2.75, 3.05) is 41.1 Å². The number of rotatable bonds is 6. The fraction of sp³-hybridized carbons (Fsp3) is 0.375. The van der Waals surface area contributed by atoms with Crippen LogP contribution in [0.15, 0.2) is 36.4 Å². The van der Waals surface area contributed by atoms with Gasteiger partial charge in [-0.2, -0.15) is 0 Å². The third-order valence-corrected chi connectivity index (χ3v) is 5.59. The lowest BCUT2D eigenvalue weighted by atomic mass is 10.0. The Bertz CT molecular complexity index is 961. The summed E-state index contributed by atoms with van der Waals surface area (Å²) in [5.74, 6) is 3.08. The molecular weight excluding hydrogens is 398 g/mol. The quantitative estimate of drug-likeness (QED) is 0.655. The number of carbonyl (C=O) groups excluding carboxylic acids is 1. The van der Waals surface area contributed by atoms with Crippen molar-refractivity contribution in [3.63, 3.8) is 0 Å². The lowest BCUT2D eigenvalue weighted by Crippen LogP contribution is -2.29. The molecule has 2 aliphatic rings. The Labute approximate surface area is 182 Å². The molecule has 2 aliphatic heterocycles. The maximum atomic E-state index is 13.0. The van der Waals surface area contributed by atoms with Gasteiger partial charge < -0.3 is 28.6 Å². The minimum Gasteiger partial charge on any atom is -0.493 e.